The van der Waals surface area contributed by atoms with E-state index < -0.39 is 11.6 Å². The third-order valence-electron chi connectivity index (χ3n) is 5.32. The second-order valence-corrected chi connectivity index (χ2v) is 9.12. The van der Waals surface area contributed by atoms with Crippen LogP contribution < -0.4 is 16.2 Å². The van der Waals surface area contributed by atoms with Crippen LogP contribution >= 0.6 is 0 Å². The van der Waals surface area contributed by atoms with Gasteiger partial charge in [0.2, 0.25) is 0 Å². The summed E-state index contributed by atoms with van der Waals surface area (Å²) in [5.74, 6) is 0.889. The van der Waals surface area contributed by atoms with Gasteiger partial charge in [-0.25, -0.2) is 4.98 Å². The fourth-order valence-corrected chi connectivity index (χ4v) is 3.78. The number of rotatable bonds is 6. The van der Waals surface area contributed by atoms with E-state index in [4.69, 9.17) is 4.74 Å². The van der Waals surface area contributed by atoms with Crippen LogP contribution in [0.25, 0.3) is 0 Å². The maximum atomic E-state index is 13.1. The van der Waals surface area contributed by atoms with E-state index in [1.165, 1.54) is 5.56 Å². The molecule has 34 heavy (non-hydrogen) atoms. The number of fused-ring (bicyclic) bond motifs is 1. The molecule has 0 amide bonds. The smallest absolute Gasteiger partial charge is 0.326 e. The van der Waals surface area contributed by atoms with Crippen molar-refractivity contribution in [2.24, 2.45) is 0 Å². The van der Waals surface area contributed by atoms with Crippen molar-refractivity contribution in [3.8, 4) is 0 Å². The molecule has 2 aromatic heterocycles. The minimum Gasteiger partial charge on any atom is -0.459 e. The summed E-state index contributed by atoms with van der Waals surface area (Å²) >= 11 is 0. The van der Waals surface area contributed by atoms with E-state index in [2.05, 4.69) is 21.7 Å². The number of aryl methyl sites for hydroxylation is 1. The zero-order valence-electron chi connectivity index (χ0n) is 22.0. The molecule has 2 aliphatic rings. The third kappa shape index (κ3) is 7.61. The first-order valence-electron chi connectivity index (χ1n) is 12.7. The molecule has 1 aliphatic carbocycles. The van der Waals surface area contributed by atoms with Crippen molar-refractivity contribution in [3.05, 3.63) is 51.6 Å². The van der Waals surface area contributed by atoms with Crippen LogP contribution in [-0.2, 0) is 29.0 Å². The van der Waals surface area contributed by atoms with Crippen LogP contribution in [0.2, 0.25) is 0 Å². The van der Waals surface area contributed by atoms with Gasteiger partial charge < -0.3 is 15.4 Å². The van der Waals surface area contributed by atoms with Crippen LogP contribution in [-0.4, -0.2) is 27.7 Å². The first-order chi connectivity index (χ1) is 16.3. The summed E-state index contributed by atoms with van der Waals surface area (Å²) < 4.78 is 7.00. The van der Waals surface area contributed by atoms with Crippen molar-refractivity contribution in [3.63, 3.8) is 0 Å². The Labute approximate surface area is 204 Å². The molecular formula is C27H42N4O3. The number of esters is 1. The van der Waals surface area contributed by atoms with Gasteiger partial charge in [-0.2, -0.15) is 0 Å². The van der Waals surface area contributed by atoms with E-state index in [1.54, 1.807) is 4.57 Å². The Morgan fingerprint density at radius 1 is 1.15 bits per heavy atom. The summed E-state index contributed by atoms with van der Waals surface area (Å²) in [5, 5.41) is 6.54. The summed E-state index contributed by atoms with van der Waals surface area (Å²) in [7, 11) is 0. The normalized spacial score (nSPS) is 14.3. The van der Waals surface area contributed by atoms with Gasteiger partial charge in [-0.15, -0.1) is 0 Å². The van der Waals surface area contributed by atoms with Crippen molar-refractivity contribution >= 4 is 17.5 Å². The Morgan fingerprint density at radius 2 is 1.85 bits per heavy atom. The SMILES string of the molecule is CC.CC.CC(C)(C)OC(=O)Cn1c(C2CC2)ccc(NCc2ccc3c(n2)NCCC3)c1=O. The summed E-state index contributed by atoms with van der Waals surface area (Å²) in [5.41, 5.74) is 2.71. The minimum atomic E-state index is -0.581. The molecule has 0 unspecified atom stereocenters. The molecule has 0 radical (unpaired) electrons. The molecule has 2 N–H and O–H groups in total. The highest BCUT2D eigenvalue weighted by Crippen LogP contribution is 2.39. The second kappa shape index (κ2) is 12.6. The molecule has 0 bridgehead atoms. The first kappa shape index (κ1) is 27.4. The van der Waals surface area contributed by atoms with E-state index in [0.717, 1.165) is 49.4 Å². The Morgan fingerprint density at radius 3 is 2.50 bits per heavy atom. The minimum absolute atomic E-state index is 0.0710. The molecule has 1 fully saturated rings. The zero-order chi connectivity index (χ0) is 25.3. The monoisotopic (exact) mass is 470 g/mol. The Kier molecular flexibility index (Phi) is 10.1. The topological polar surface area (TPSA) is 85.2 Å². The molecule has 7 nitrogen and oxygen atoms in total. The highest BCUT2D eigenvalue weighted by Gasteiger charge is 2.29. The highest BCUT2D eigenvalue weighted by atomic mass is 16.6. The Balaban J connectivity index is 0.000000970. The Bertz CT molecular complexity index is 1000. The van der Waals surface area contributed by atoms with Crippen molar-refractivity contribution in [2.75, 3.05) is 17.2 Å². The second-order valence-electron chi connectivity index (χ2n) is 9.12. The molecule has 188 valence electrons. The number of nitrogens with one attached hydrogen (secondary N) is 2. The number of anilines is 2. The fourth-order valence-electron chi connectivity index (χ4n) is 3.78. The molecule has 0 aromatic carbocycles. The van der Waals surface area contributed by atoms with Gasteiger partial charge in [-0.05, 0) is 76.1 Å². The predicted molar refractivity (Wildman–Crippen MR) is 140 cm³/mol. The van der Waals surface area contributed by atoms with Crippen LogP contribution in [0, 0.1) is 0 Å². The van der Waals surface area contributed by atoms with Crippen molar-refractivity contribution < 1.29 is 9.53 Å². The van der Waals surface area contributed by atoms with E-state index in [0.29, 0.717) is 18.2 Å². The van der Waals surface area contributed by atoms with E-state index in [9.17, 15) is 9.59 Å². The van der Waals surface area contributed by atoms with Crippen LogP contribution in [0.1, 0.15) is 90.6 Å². The van der Waals surface area contributed by atoms with Crippen molar-refractivity contribution in [2.45, 2.75) is 98.8 Å². The first-order valence-corrected chi connectivity index (χ1v) is 12.7. The molecule has 2 aromatic rings. The molecular weight excluding hydrogens is 428 g/mol. The van der Waals surface area contributed by atoms with Crippen LogP contribution in [0.4, 0.5) is 11.5 Å². The van der Waals surface area contributed by atoms with E-state index in [-0.39, 0.29) is 12.1 Å². The zero-order valence-corrected chi connectivity index (χ0v) is 22.0. The average molecular weight is 471 g/mol. The van der Waals surface area contributed by atoms with Crippen LogP contribution in [0.5, 0.6) is 0 Å². The lowest BCUT2D eigenvalue weighted by atomic mass is 10.1. The Hall–Kier alpha value is -2.83. The predicted octanol–water partition coefficient (Wildman–Crippen LogP) is 5.49. The van der Waals surface area contributed by atoms with Gasteiger partial charge in [-0.3, -0.25) is 14.2 Å². The fraction of sp³-hybridized carbons (Fsp3) is 0.593. The van der Waals surface area contributed by atoms with Gasteiger partial charge in [0.25, 0.3) is 5.56 Å². The number of carbonyl (C=O) groups excluding carboxylic acids is 1. The summed E-state index contributed by atoms with van der Waals surface area (Å²) in [6.07, 6.45) is 4.26. The number of aromatic nitrogens is 2. The highest BCUT2D eigenvalue weighted by molar-refractivity contribution is 5.70. The molecule has 1 aliphatic heterocycles. The number of ether oxygens (including phenoxy) is 1. The van der Waals surface area contributed by atoms with Gasteiger partial charge in [0.1, 0.15) is 23.7 Å². The van der Waals surface area contributed by atoms with Gasteiger partial charge in [0, 0.05) is 12.2 Å². The van der Waals surface area contributed by atoms with Crippen LogP contribution in [0.15, 0.2) is 29.1 Å². The largest absolute Gasteiger partial charge is 0.459 e. The quantitative estimate of drug-likeness (QED) is 0.544. The standard InChI is InChI=1S/C23H30N4O3.2C2H6/c1-23(2,3)30-20(28)14-27-19(15-6-7-15)11-10-18(22(27)29)25-13-17-9-8-16-5-4-12-24-21(16)26-17;2*1-2/h8-11,15,25H,4-7,12-14H2,1-3H3,(H,24,26);2*1-2H3. The van der Waals surface area contributed by atoms with E-state index in [1.807, 2.05) is 66.7 Å². The molecule has 7 heteroatoms. The lowest BCUT2D eigenvalue weighted by molar-refractivity contribution is -0.155. The van der Waals surface area contributed by atoms with Crippen LogP contribution in [0.3, 0.4) is 0 Å². The lowest BCUT2D eigenvalue weighted by Gasteiger charge is -2.21. The van der Waals surface area contributed by atoms with Gasteiger partial charge in [0.15, 0.2) is 0 Å². The van der Waals surface area contributed by atoms with Crippen molar-refractivity contribution in [1.82, 2.24) is 9.55 Å². The third-order valence-corrected chi connectivity index (χ3v) is 5.32. The molecule has 4 rings (SSSR count). The average Bonchev–Trinajstić information content (AvgIpc) is 3.66. The number of hydrogen-bond donors (Lipinski definition) is 2. The summed E-state index contributed by atoms with van der Waals surface area (Å²) in [6, 6.07) is 7.87. The number of nitrogens with zero attached hydrogens (tertiary/aromatic N) is 2. The van der Waals surface area contributed by atoms with Gasteiger partial charge >= 0.3 is 5.97 Å². The number of hydrogen-bond acceptors (Lipinski definition) is 6. The molecule has 0 saturated heterocycles. The van der Waals surface area contributed by atoms with Gasteiger partial charge in [0.05, 0.1) is 12.2 Å². The van der Waals surface area contributed by atoms with Crippen molar-refractivity contribution in [1.29, 1.82) is 0 Å². The van der Waals surface area contributed by atoms with Gasteiger partial charge in [-0.1, -0.05) is 33.8 Å². The lowest BCUT2D eigenvalue weighted by Crippen LogP contribution is -2.33. The maximum absolute atomic E-state index is 13.1. The molecule has 1 saturated carbocycles. The number of pyridine rings is 2. The maximum Gasteiger partial charge on any atom is 0.326 e. The summed E-state index contributed by atoms with van der Waals surface area (Å²) in [4.78, 5) is 30.2. The summed E-state index contributed by atoms with van der Waals surface area (Å²) in [6.45, 7) is 14.8. The van der Waals surface area contributed by atoms with E-state index >= 15 is 0 Å². The molecule has 0 atom stereocenters. The molecule has 3 heterocycles. The molecule has 0 spiro atoms. The number of carbonyl (C=O) groups is 1.